The second kappa shape index (κ2) is 8.52. The van der Waals surface area contributed by atoms with E-state index in [1.807, 2.05) is 45.0 Å². The first-order chi connectivity index (χ1) is 10.8. The highest BCUT2D eigenvalue weighted by Crippen LogP contribution is 2.38. The van der Waals surface area contributed by atoms with Crippen LogP contribution in [0.4, 0.5) is 0 Å². The number of amides is 1. The zero-order chi connectivity index (χ0) is 17.1. The normalized spacial score (nSPS) is 18.4. The summed E-state index contributed by atoms with van der Waals surface area (Å²) in [6.07, 6.45) is 1.67. The third kappa shape index (κ3) is 4.85. The van der Waals surface area contributed by atoms with E-state index in [0.29, 0.717) is 19.8 Å². The lowest BCUT2D eigenvalue weighted by Gasteiger charge is -2.39. The third-order valence-electron chi connectivity index (χ3n) is 4.71. The fourth-order valence-electron chi connectivity index (χ4n) is 2.95. The molecule has 0 aliphatic carbocycles. The molecule has 1 atom stereocenters. The fraction of sp³-hybridized carbons (Fsp3) is 0.611. The van der Waals surface area contributed by atoms with Crippen molar-refractivity contribution in [3.8, 4) is 0 Å². The number of rotatable bonds is 4. The smallest absolute Gasteiger partial charge is 0.237 e. The Kier molecular flexibility index (Phi) is 7.54. The van der Waals surface area contributed by atoms with E-state index < -0.39 is 6.04 Å². The number of hydrogen-bond acceptors (Lipinski definition) is 3. The molecule has 2 rings (SSSR count). The van der Waals surface area contributed by atoms with Crippen molar-refractivity contribution in [1.29, 1.82) is 0 Å². The Morgan fingerprint density at radius 2 is 1.92 bits per heavy atom. The van der Waals surface area contributed by atoms with Crippen molar-refractivity contribution in [3.05, 3.63) is 34.9 Å². The van der Waals surface area contributed by atoms with E-state index in [2.05, 4.69) is 5.32 Å². The Morgan fingerprint density at radius 1 is 1.33 bits per heavy atom. The van der Waals surface area contributed by atoms with Gasteiger partial charge in [0.15, 0.2) is 0 Å². The highest BCUT2D eigenvalue weighted by Gasteiger charge is 2.37. The van der Waals surface area contributed by atoms with Crippen molar-refractivity contribution in [2.24, 2.45) is 11.1 Å². The van der Waals surface area contributed by atoms with E-state index in [-0.39, 0.29) is 29.1 Å². The van der Waals surface area contributed by atoms with Gasteiger partial charge in [-0.1, -0.05) is 50.6 Å². The molecule has 1 aliphatic heterocycles. The minimum atomic E-state index is -0.536. The lowest BCUT2D eigenvalue weighted by atomic mass is 9.74. The summed E-state index contributed by atoms with van der Waals surface area (Å²) in [7, 11) is 0. The number of halogens is 2. The Bertz CT molecular complexity index is 552. The van der Waals surface area contributed by atoms with Gasteiger partial charge in [0.1, 0.15) is 0 Å². The summed E-state index contributed by atoms with van der Waals surface area (Å²) >= 11 is 6.42. The van der Waals surface area contributed by atoms with Crippen LogP contribution in [0, 0.1) is 5.41 Å². The second-order valence-electron chi connectivity index (χ2n) is 7.43. The molecule has 0 radical (unpaired) electrons. The molecular formula is C18H28Cl2N2O2. The van der Waals surface area contributed by atoms with Crippen molar-refractivity contribution in [3.63, 3.8) is 0 Å². The van der Waals surface area contributed by atoms with Crippen LogP contribution in [-0.2, 0) is 14.9 Å². The second-order valence-corrected chi connectivity index (χ2v) is 7.84. The van der Waals surface area contributed by atoms with Crippen molar-refractivity contribution in [2.45, 2.75) is 45.1 Å². The van der Waals surface area contributed by atoms with Gasteiger partial charge in [-0.3, -0.25) is 4.79 Å². The first kappa shape index (κ1) is 21.2. The van der Waals surface area contributed by atoms with E-state index in [1.54, 1.807) is 0 Å². The van der Waals surface area contributed by atoms with Crippen LogP contribution in [0.25, 0.3) is 0 Å². The van der Waals surface area contributed by atoms with Crippen LogP contribution in [0.5, 0.6) is 0 Å². The van der Waals surface area contributed by atoms with Crippen molar-refractivity contribution in [1.82, 2.24) is 5.32 Å². The topological polar surface area (TPSA) is 64.4 Å². The standard InChI is InChI=1S/C18H27ClN2O2.ClH/c1-17(2,3)15(20)16(22)21-12-18(8-10-23-11-9-18)13-6-4-5-7-14(13)19;/h4-7,15H,8-12,20H2,1-3H3,(H,21,22);1H/t15-;/m1./s1. The molecule has 136 valence electrons. The van der Waals surface area contributed by atoms with E-state index in [9.17, 15) is 4.79 Å². The van der Waals surface area contributed by atoms with Crippen molar-refractivity contribution < 1.29 is 9.53 Å². The number of benzene rings is 1. The van der Waals surface area contributed by atoms with E-state index in [4.69, 9.17) is 22.1 Å². The summed E-state index contributed by atoms with van der Waals surface area (Å²) in [5.74, 6) is -0.115. The van der Waals surface area contributed by atoms with Crippen LogP contribution in [0.3, 0.4) is 0 Å². The van der Waals surface area contributed by atoms with Crippen LogP contribution in [0.15, 0.2) is 24.3 Å². The Balaban J connectivity index is 0.00000288. The molecule has 3 N–H and O–H groups in total. The molecule has 1 aromatic rings. The summed E-state index contributed by atoms with van der Waals surface area (Å²) < 4.78 is 5.51. The number of ether oxygens (including phenoxy) is 1. The molecule has 1 fully saturated rings. The molecular weight excluding hydrogens is 347 g/mol. The highest BCUT2D eigenvalue weighted by molar-refractivity contribution is 6.31. The van der Waals surface area contributed by atoms with Gasteiger partial charge in [0.25, 0.3) is 0 Å². The summed E-state index contributed by atoms with van der Waals surface area (Å²) in [6.45, 7) is 7.78. The number of hydrogen-bond donors (Lipinski definition) is 2. The minimum Gasteiger partial charge on any atom is -0.381 e. The first-order valence-corrected chi connectivity index (χ1v) is 8.50. The van der Waals surface area contributed by atoms with Gasteiger partial charge >= 0.3 is 0 Å². The maximum Gasteiger partial charge on any atom is 0.237 e. The summed E-state index contributed by atoms with van der Waals surface area (Å²) in [6, 6.07) is 7.32. The molecule has 4 nitrogen and oxygen atoms in total. The maximum absolute atomic E-state index is 12.4. The molecule has 1 heterocycles. The van der Waals surface area contributed by atoms with Crippen LogP contribution in [0.2, 0.25) is 5.02 Å². The zero-order valence-corrected chi connectivity index (χ0v) is 16.2. The summed E-state index contributed by atoms with van der Waals surface area (Å²) in [5.41, 5.74) is 6.68. The SMILES string of the molecule is CC(C)(C)[C@H](N)C(=O)NCC1(c2ccccc2Cl)CCOCC1.Cl. The number of carbonyl (C=O) groups excluding carboxylic acids is 1. The quantitative estimate of drug-likeness (QED) is 0.849. The van der Waals surface area contributed by atoms with Crippen LogP contribution in [0.1, 0.15) is 39.2 Å². The summed E-state index contributed by atoms with van der Waals surface area (Å²) in [5, 5.41) is 3.79. The molecule has 0 unspecified atom stereocenters. The predicted molar refractivity (Wildman–Crippen MR) is 101 cm³/mol. The Hall–Kier alpha value is -0.810. The average Bonchev–Trinajstić information content (AvgIpc) is 2.52. The number of carbonyl (C=O) groups is 1. The predicted octanol–water partition coefficient (Wildman–Crippen LogP) is 3.30. The van der Waals surface area contributed by atoms with Crippen LogP contribution < -0.4 is 11.1 Å². The molecule has 0 bridgehead atoms. The maximum atomic E-state index is 12.4. The average molecular weight is 375 g/mol. The van der Waals surface area contributed by atoms with Crippen LogP contribution >= 0.6 is 24.0 Å². The molecule has 0 spiro atoms. The lowest BCUT2D eigenvalue weighted by molar-refractivity contribution is -0.125. The molecule has 1 amide bonds. The van der Waals surface area contributed by atoms with Crippen LogP contribution in [-0.4, -0.2) is 31.7 Å². The van der Waals surface area contributed by atoms with Gasteiger partial charge in [-0.2, -0.15) is 0 Å². The fourth-order valence-corrected chi connectivity index (χ4v) is 3.29. The van der Waals surface area contributed by atoms with Gasteiger partial charge in [-0.05, 0) is 29.9 Å². The van der Waals surface area contributed by atoms with Gasteiger partial charge in [0.2, 0.25) is 5.91 Å². The van der Waals surface area contributed by atoms with Gasteiger partial charge in [-0.25, -0.2) is 0 Å². The Morgan fingerprint density at radius 3 is 2.46 bits per heavy atom. The van der Waals surface area contributed by atoms with E-state index in [0.717, 1.165) is 23.4 Å². The first-order valence-electron chi connectivity index (χ1n) is 8.12. The van der Waals surface area contributed by atoms with E-state index in [1.165, 1.54) is 0 Å². The lowest BCUT2D eigenvalue weighted by Crippen LogP contribution is -2.52. The minimum absolute atomic E-state index is 0. The summed E-state index contributed by atoms with van der Waals surface area (Å²) in [4.78, 5) is 12.4. The zero-order valence-electron chi connectivity index (χ0n) is 14.6. The number of nitrogens with one attached hydrogen (secondary N) is 1. The largest absolute Gasteiger partial charge is 0.381 e. The van der Waals surface area contributed by atoms with E-state index >= 15 is 0 Å². The third-order valence-corrected chi connectivity index (χ3v) is 5.04. The Labute approximate surface area is 155 Å². The highest BCUT2D eigenvalue weighted by atomic mass is 35.5. The number of nitrogens with two attached hydrogens (primary N) is 1. The van der Waals surface area contributed by atoms with Crippen molar-refractivity contribution in [2.75, 3.05) is 19.8 Å². The molecule has 1 aromatic carbocycles. The molecule has 1 saturated heterocycles. The van der Waals surface area contributed by atoms with Gasteiger partial charge in [-0.15, -0.1) is 12.4 Å². The molecule has 0 saturated carbocycles. The molecule has 0 aromatic heterocycles. The van der Waals surface area contributed by atoms with Gasteiger partial charge in [0, 0.05) is 30.2 Å². The molecule has 24 heavy (non-hydrogen) atoms. The molecule has 1 aliphatic rings. The monoisotopic (exact) mass is 374 g/mol. The van der Waals surface area contributed by atoms with Crippen molar-refractivity contribution >= 4 is 29.9 Å². The van der Waals surface area contributed by atoms with Gasteiger partial charge in [0.05, 0.1) is 6.04 Å². The van der Waals surface area contributed by atoms with Gasteiger partial charge < -0.3 is 15.8 Å². The molecule has 6 heteroatoms.